The van der Waals surface area contributed by atoms with Crippen molar-refractivity contribution in [2.75, 3.05) is 7.11 Å². The Morgan fingerprint density at radius 2 is 1.86 bits per heavy atom. The molecule has 7 nitrogen and oxygen atoms in total. The number of halogens is 1. The molecule has 5 aromatic rings. The van der Waals surface area contributed by atoms with Crippen LogP contribution in [0.4, 0.5) is 0 Å². The molecule has 0 spiro atoms. The first-order chi connectivity index (χ1) is 17.8. The second kappa shape index (κ2) is 9.95. The Hall–Kier alpha value is -4.36. The van der Waals surface area contributed by atoms with E-state index in [1.807, 2.05) is 66.2 Å². The number of carboxylic acid groups (broad SMARTS) is 1. The fourth-order valence-electron chi connectivity index (χ4n) is 4.54. The number of amides is 1. The van der Waals surface area contributed by atoms with Crippen molar-refractivity contribution < 1.29 is 19.4 Å². The van der Waals surface area contributed by atoms with Crippen LogP contribution in [0.15, 0.2) is 79.0 Å². The lowest BCUT2D eigenvalue weighted by Gasteiger charge is -2.19. The van der Waals surface area contributed by atoms with Gasteiger partial charge in [-0.15, -0.1) is 0 Å². The number of hydrogen-bond donors (Lipinski definition) is 2. The summed E-state index contributed by atoms with van der Waals surface area (Å²) < 4.78 is 7.38. The van der Waals surface area contributed by atoms with Crippen LogP contribution >= 0.6 is 11.6 Å². The molecule has 0 fully saturated rings. The molecule has 3 aromatic carbocycles. The molecule has 8 heteroatoms. The molecule has 0 bridgehead atoms. The number of carboxylic acids is 1. The van der Waals surface area contributed by atoms with E-state index in [2.05, 4.69) is 5.32 Å². The van der Waals surface area contributed by atoms with Gasteiger partial charge in [-0.3, -0.25) is 9.78 Å². The molecule has 5 rings (SSSR count). The Bertz CT molecular complexity index is 1660. The van der Waals surface area contributed by atoms with Gasteiger partial charge in [0.15, 0.2) is 0 Å². The molecule has 1 unspecified atom stereocenters. The number of benzene rings is 3. The fraction of sp³-hybridized carbons (Fsp3) is 0.138. The first-order valence-corrected chi connectivity index (χ1v) is 12.1. The van der Waals surface area contributed by atoms with Crippen LogP contribution in [0.2, 0.25) is 5.02 Å². The van der Waals surface area contributed by atoms with Gasteiger partial charge in [0.25, 0.3) is 5.91 Å². The summed E-state index contributed by atoms with van der Waals surface area (Å²) >= 11 is 6.37. The van der Waals surface area contributed by atoms with E-state index in [1.165, 1.54) is 19.2 Å². The number of methoxy groups -OCH3 is 1. The number of aromatic nitrogens is 2. The molecule has 2 heterocycles. The van der Waals surface area contributed by atoms with Crippen molar-refractivity contribution in [3.63, 3.8) is 0 Å². The van der Waals surface area contributed by atoms with Crippen molar-refractivity contribution in [1.29, 1.82) is 0 Å². The zero-order chi connectivity index (χ0) is 26.1. The Balaban J connectivity index is 1.47. The van der Waals surface area contributed by atoms with Crippen molar-refractivity contribution >= 4 is 45.3 Å². The predicted octanol–water partition coefficient (Wildman–Crippen LogP) is 6.09. The summed E-state index contributed by atoms with van der Waals surface area (Å²) in [5.74, 6) is -0.977. The number of pyridine rings is 1. The Kier molecular flexibility index (Phi) is 6.54. The van der Waals surface area contributed by atoms with E-state index in [0.29, 0.717) is 28.4 Å². The molecule has 186 valence electrons. The summed E-state index contributed by atoms with van der Waals surface area (Å²) in [6.45, 7) is 2.30. The summed E-state index contributed by atoms with van der Waals surface area (Å²) in [6.07, 6.45) is 1.92. The highest BCUT2D eigenvalue weighted by Gasteiger charge is 2.20. The number of carbonyl (C=O) groups excluding carboxylic acids is 1. The average Bonchev–Trinajstić information content (AvgIpc) is 3.29. The van der Waals surface area contributed by atoms with Crippen LogP contribution in [0.25, 0.3) is 21.8 Å². The molecular weight excluding hydrogens is 490 g/mol. The lowest BCUT2D eigenvalue weighted by molar-refractivity contribution is 0.0696. The maximum atomic E-state index is 13.5. The summed E-state index contributed by atoms with van der Waals surface area (Å²) in [5, 5.41) is 14.6. The van der Waals surface area contributed by atoms with Crippen molar-refractivity contribution in [3.05, 3.63) is 106 Å². The van der Waals surface area contributed by atoms with Crippen molar-refractivity contribution in [2.24, 2.45) is 0 Å². The number of rotatable bonds is 7. The number of aromatic carboxylic acids is 1. The van der Waals surface area contributed by atoms with E-state index >= 15 is 0 Å². The minimum absolute atomic E-state index is 0.107. The number of nitrogens with zero attached hydrogens (tertiary/aromatic N) is 2. The third-order valence-electron chi connectivity index (χ3n) is 6.35. The molecule has 1 atom stereocenters. The lowest BCUT2D eigenvalue weighted by atomic mass is 10.0. The quantitative estimate of drug-likeness (QED) is 0.275. The van der Waals surface area contributed by atoms with Crippen LogP contribution in [0.5, 0.6) is 5.75 Å². The molecular formula is C29H24ClN3O4. The number of fused-ring (bicyclic) bond motifs is 2. The lowest BCUT2D eigenvalue weighted by Crippen LogP contribution is -2.27. The van der Waals surface area contributed by atoms with E-state index in [1.54, 1.807) is 12.1 Å². The molecule has 2 N–H and O–H groups in total. The van der Waals surface area contributed by atoms with Crippen LogP contribution < -0.4 is 10.1 Å². The minimum atomic E-state index is -1.05. The standard InChI is InChI=1S/C29H24ClN3O4/c1-17(23-10-8-20(29(35)36)14-26(23)37-2)31-28(34)24-15-21(30)13-19-11-12-33(27(19)24)16-22-9-7-18-5-3-4-6-25(18)32-22/h3-15,17H,16H2,1-2H3,(H,31,34)(H,35,36). The van der Waals surface area contributed by atoms with Crippen LogP contribution in [0.3, 0.4) is 0 Å². The maximum Gasteiger partial charge on any atom is 0.335 e. The number of hydrogen-bond acceptors (Lipinski definition) is 4. The van der Waals surface area contributed by atoms with Crippen molar-refractivity contribution in [3.8, 4) is 5.75 Å². The van der Waals surface area contributed by atoms with Crippen LogP contribution in [-0.4, -0.2) is 33.6 Å². The minimum Gasteiger partial charge on any atom is -0.496 e. The summed E-state index contributed by atoms with van der Waals surface area (Å²) in [6, 6.07) is 21.5. The van der Waals surface area contributed by atoms with E-state index in [9.17, 15) is 14.7 Å². The maximum absolute atomic E-state index is 13.5. The number of para-hydroxylation sites is 1. The monoisotopic (exact) mass is 513 g/mol. The van der Waals surface area contributed by atoms with Gasteiger partial charge < -0.3 is 19.7 Å². The van der Waals surface area contributed by atoms with Gasteiger partial charge in [-0.2, -0.15) is 0 Å². The molecule has 2 aromatic heterocycles. The predicted molar refractivity (Wildman–Crippen MR) is 144 cm³/mol. The smallest absolute Gasteiger partial charge is 0.335 e. The summed E-state index contributed by atoms with van der Waals surface area (Å²) in [5.41, 5.74) is 3.73. The van der Waals surface area contributed by atoms with E-state index < -0.39 is 12.0 Å². The number of ether oxygens (including phenoxy) is 1. The topological polar surface area (TPSA) is 93.5 Å². The Morgan fingerprint density at radius 1 is 1.05 bits per heavy atom. The van der Waals surface area contributed by atoms with Crippen molar-refractivity contribution in [1.82, 2.24) is 14.9 Å². The SMILES string of the molecule is COc1cc(C(=O)O)ccc1C(C)NC(=O)c1cc(Cl)cc2ccn(Cc3ccc4ccccc4n3)c12. The highest BCUT2D eigenvalue weighted by atomic mass is 35.5. The largest absolute Gasteiger partial charge is 0.496 e. The first-order valence-electron chi connectivity index (χ1n) is 11.7. The highest BCUT2D eigenvalue weighted by molar-refractivity contribution is 6.32. The van der Waals surface area contributed by atoms with E-state index in [4.69, 9.17) is 21.3 Å². The zero-order valence-corrected chi connectivity index (χ0v) is 21.0. The van der Waals surface area contributed by atoms with Crippen LogP contribution in [0, 0.1) is 0 Å². The van der Waals surface area contributed by atoms with Gasteiger partial charge in [-0.1, -0.05) is 41.9 Å². The Labute approximate surface area is 218 Å². The summed E-state index contributed by atoms with van der Waals surface area (Å²) in [4.78, 5) is 29.6. The first kappa shape index (κ1) is 24.3. The molecule has 37 heavy (non-hydrogen) atoms. The molecule has 0 radical (unpaired) electrons. The third kappa shape index (κ3) is 4.86. The second-order valence-corrected chi connectivity index (χ2v) is 9.22. The van der Waals surface area contributed by atoms with Gasteiger partial charge in [-0.05, 0) is 49.4 Å². The average molecular weight is 514 g/mol. The highest BCUT2D eigenvalue weighted by Crippen LogP contribution is 2.29. The van der Waals surface area contributed by atoms with Crippen molar-refractivity contribution in [2.45, 2.75) is 19.5 Å². The van der Waals surface area contributed by atoms with E-state index in [-0.39, 0.29) is 11.5 Å². The molecule has 0 aliphatic heterocycles. The molecule has 0 saturated heterocycles. The van der Waals surface area contributed by atoms with Gasteiger partial charge >= 0.3 is 5.97 Å². The van der Waals surface area contributed by atoms with Crippen LogP contribution in [0.1, 0.15) is 44.9 Å². The van der Waals surface area contributed by atoms with Gasteiger partial charge in [0.1, 0.15) is 5.75 Å². The Morgan fingerprint density at radius 3 is 2.65 bits per heavy atom. The number of nitrogens with one attached hydrogen (secondary N) is 1. The summed E-state index contributed by atoms with van der Waals surface area (Å²) in [7, 11) is 1.47. The molecule has 0 aliphatic rings. The van der Waals surface area contributed by atoms with Gasteiger partial charge in [0.2, 0.25) is 0 Å². The van der Waals surface area contributed by atoms with Gasteiger partial charge in [0.05, 0.1) is 47.6 Å². The fourth-order valence-corrected chi connectivity index (χ4v) is 4.77. The third-order valence-corrected chi connectivity index (χ3v) is 6.57. The van der Waals surface area contributed by atoms with Crippen LogP contribution in [-0.2, 0) is 6.54 Å². The molecule has 0 saturated carbocycles. The zero-order valence-electron chi connectivity index (χ0n) is 20.2. The van der Waals surface area contributed by atoms with Gasteiger partial charge in [-0.25, -0.2) is 4.79 Å². The number of carbonyl (C=O) groups is 2. The van der Waals surface area contributed by atoms with E-state index in [0.717, 1.165) is 27.5 Å². The normalized spacial score (nSPS) is 12.0. The van der Waals surface area contributed by atoms with Gasteiger partial charge in [0, 0.05) is 27.6 Å². The molecule has 0 aliphatic carbocycles. The second-order valence-electron chi connectivity index (χ2n) is 8.79. The molecule has 1 amide bonds.